The molecule has 3 atom stereocenters. The Morgan fingerprint density at radius 2 is 1.89 bits per heavy atom. The van der Waals surface area contributed by atoms with E-state index in [1.165, 1.54) is 6.42 Å². The molecular weight excluding hydrogens is 307 g/mol. The molecule has 0 aliphatic heterocycles. The highest BCUT2D eigenvalue weighted by molar-refractivity contribution is 6.59. The number of carbonyl (C=O) groups excluding carboxylic acids is 1. The predicted molar refractivity (Wildman–Crippen MR) is 78.3 cm³/mol. The third-order valence-corrected chi connectivity index (χ3v) is 6.46. The van der Waals surface area contributed by atoms with E-state index in [1.807, 2.05) is 0 Å². The standard InChI is InChI=1S/C14H19Cl3O2/c1-13(2)8-4-5-14(13,3)10(6-8)19-11(18)7-9(15)12(16)17/h8,10H,4-7H2,1-3H3/t8-,10-,14+/m1/s1. The largest absolute Gasteiger partial charge is 0.461 e. The zero-order valence-electron chi connectivity index (χ0n) is 11.4. The van der Waals surface area contributed by atoms with Gasteiger partial charge in [-0.05, 0) is 30.6 Å². The summed E-state index contributed by atoms with van der Waals surface area (Å²) in [5.41, 5.74) is 0.288. The van der Waals surface area contributed by atoms with Crippen molar-refractivity contribution in [3.05, 3.63) is 9.52 Å². The fraction of sp³-hybridized carbons (Fsp3) is 0.786. The highest BCUT2D eigenvalue weighted by Crippen LogP contribution is 2.66. The minimum absolute atomic E-state index is 0.0210. The predicted octanol–water partition coefficient (Wildman–Crippen LogP) is 5.02. The van der Waals surface area contributed by atoms with Gasteiger partial charge in [-0.1, -0.05) is 55.6 Å². The Hall–Kier alpha value is 0.0800. The van der Waals surface area contributed by atoms with Crippen LogP contribution in [0.4, 0.5) is 0 Å². The fourth-order valence-corrected chi connectivity index (χ4v) is 3.95. The Bertz CT molecular complexity index is 426. The van der Waals surface area contributed by atoms with Crippen molar-refractivity contribution in [1.82, 2.24) is 0 Å². The molecule has 0 aromatic rings. The zero-order valence-corrected chi connectivity index (χ0v) is 13.7. The lowest BCUT2D eigenvalue weighted by Crippen LogP contribution is -2.38. The SMILES string of the molecule is CC1(C)[C@@H]2CC[C@@]1(C)[C@H](OC(=O)CC(Cl)=C(Cl)Cl)C2. The van der Waals surface area contributed by atoms with Crippen molar-refractivity contribution in [3.63, 3.8) is 0 Å². The molecule has 2 rings (SSSR count). The molecule has 2 nitrogen and oxygen atoms in total. The van der Waals surface area contributed by atoms with Crippen molar-refractivity contribution >= 4 is 40.8 Å². The number of fused-ring (bicyclic) bond motifs is 2. The van der Waals surface area contributed by atoms with Gasteiger partial charge < -0.3 is 4.74 Å². The molecule has 0 amide bonds. The Balaban J connectivity index is 2.03. The molecular formula is C14H19Cl3O2. The molecule has 0 aromatic carbocycles. The van der Waals surface area contributed by atoms with Crippen LogP contribution in [0.2, 0.25) is 0 Å². The van der Waals surface area contributed by atoms with E-state index in [4.69, 9.17) is 39.5 Å². The van der Waals surface area contributed by atoms with Crippen molar-refractivity contribution in [2.45, 2.75) is 52.6 Å². The zero-order chi connectivity index (χ0) is 14.4. The van der Waals surface area contributed by atoms with E-state index in [9.17, 15) is 4.79 Å². The van der Waals surface area contributed by atoms with Gasteiger partial charge in [0.15, 0.2) is 0 Å². The molecule has 0 unspecified atom stereocenters. The fourth-order valence-electron chi connectivity index (χ4n) is 3.70. The number of rotatable bonds is 3. The molecule has 0 heterocycles. The van der Waals surface area contributed by atoms with E-state index in [2.05, 4.69) is 20.8 Å². The molecule has 5 heteroatoms. The second kappa shape index (κ2) is 5.13. The molecule has 0 N–H and O–H groups in total. The first-order valence-electron chi connectivity index (χ1n) is 6.57. The van der Waals surface area contributed by atoms with E-state index in [-0.39, 0.29) is 38.8 Å². The van der Waals surface area contributed by atoms with Crippen LogP contribution in [0.1, 0.15) is 46.5 Å². The van der Waals surface area contributed by atoms with Crippen LogP contribution in [-0.4, -0.2) is 12.1 Å². The van der Waals surface area contributed by atoms with Crippen LogP contribution < -0.4 is 0 Å². The second-order valence-electron chi connectivity index (χ2n) is 6.43. The third-order valence-electron chi connectivity index (χ3n) is 5.49. The lowest BCUT2D eigenvalue weighted by Gasteiger charge is -2.38. The van der Waals surface area contributed by atoms with Crippen molar-refractivity contribution in [2.24, 2.45) is 16.7 Å². The summed E-state index contributed by atoms with van der Waals surface area (Å²) in [4.78, 5) is 11.9. The first-order chi connectivity index (χ1) is 8.68. The summed E-state index contributed by atoms with van der Waals surface area (Å²) in [6, 6.07) is 0. The molecule has 2 saturated carbocycles. The summed E-state index contributed by atoms with van der Waals surface area (Å²) in [6.07, 6.45) is 3.22. The Kier molecular flexibility index (Phi) is 4.17. The summed E-state index contributed by atoms with van der Waals surface area (Å²) < 4.78 is 5.56. The highest BCUT2D eigenvalue weighted by atomic mass is 35.5. The van der Waals surface area contributed by atoms with Gasteiger partial charge in [0, 0.05) is 5.41 Å². The number of halogens is 3. The van der Waals surface area contributed by atoms with Gasteiger partial charge in [-0.15, -0.1) is 0 Å². The number of hydrogen-bond donors (Lipinski definition) is 0. The molecule has 0 spiro atoms. The molecule has 2 aliphatic rings. The van der Waals surface area contributed by atoms with Crippen LogP contribution in [0.5, 0.6) is 0 Å². The van der Waals surface area contributed by atoms with Crippen LogP contribution in [0, 0.1) is 16.7 Å². The monoisotopic (exact) mass is 324 g/mol. The maximum absolute atomic E-state index is 11.9. The molecule has 108 valence electrons. The number of esters is 1. The normalized spacial score (nSPS) is 35.3. The van der Waals surface area contributed by atoms with Crippen molar-refractivity contribution in [2.75, 3.05) is 0 Å². The molecule has 2 aliphatic carbocycles. The highest BCUT2D eigenvalue weighted by Gasteiger charge is 2.62. The van der Waals surface area contributed by atoms with Gasteiger partial charge in [-0.2, -0.15) is 0 Å². The maximum atomic E-state index is 11.9. The van der Waals surface area contributed by atoms with Gasteiger partial charge in [0.2, 0.25) is 0 Å². The quantitative estimate of drug-likeness (QED) is 0.681. The minimum atomic E-state index is -0.349. The summed E-state index contributed by atoms with van der Waals surface area (Å²) in [6.45, 7) is 6.78. The van der Waals surface area contributed by atoms with Crippen LogP contribution in [0.3, 0.4) is 0 Å². The first-order valence-corrected chi connectivity index (χ1v) is 7.71. The lowest BCUT2D eigenvalue weighted by atomic mass is 9.70. The Morgan fingerprint density at radius 1 is 1.26 bits per heavy atom. The summed E-state index contributed by atoms with van der Waals surface area (Å²) in [5.74, 6) is 0.288. The van der Waals surface area contributed by atoms with E-state index >= 15 is 0 Å². The summed E-state index contributed by atoms with van der Waals surface area (Å²) in [5, 5.41) is 0.140. The molecule has 0 aromatic heterocycles. The van der Waals surface area contributed by atoms with E-state index in [0.29, 0.717) is 5.92 Å². The molecule has 0 saturated heterocycles. The van der Waals surface area contributed by atoms with Crippen molar-refractivity contribution in [3.8, 4) is 0 Å². The second-order valence-corrected chi connectivity index (χ2v) is 7.84. The topological polar surface area (TPSA) is 26.3 Å². The number of ether oxygens (including phenoxy) is 1. The third kappa shape index (κ3) is 2.52. The Morgan fingerprint density at radius 3 is 2.32 bits per heavy atom. The van der Waals surface area contributed by atoms with Crippen LogP contribution in [-0.2, 0) is 9.53 Å². The van der Waals surface area contributed by atoms with Gasteiger partial charge in [-0.3, -0.25) is 4.79 Å². The van der Waals surface area contributed by atoms with Crippen molar-refractivity contribution in [1.29, 1.82) is 0 Å². The number of hydrogen-bond acceptors (Lipinski definition) is 2. The average Bonchev–Trinajstić information content (AvgIpc) is 2.61. The van der Waals surface area contributed by atoms with Crippen LogP contribution in [0.25, 0.3) is 0 Å². The van der Waals surface area contributed by atoms with Gasteiger partial charge >= 0.3 is 5.97 Å². The minimum Gasteiger partial charge on any atom is -0.461 e. The van der Waals surface area contributed by atoms with Gasteiger partial charge in [0.25, 0.3) is 0 Å². The van der Waals surface area contributed by atoms with E-state index < -0.39 is 0 Å². The Labute approximate surface area is 129 Å². The van der Waals surface area contributed by atoms with Crippen LogP contribution in [0.15, 0.2) is 9.52 Å². The summed E-state index contributed by atoms with van der Waals surface area (Å²) in [7, 11) is 0. The first kappa shape index (κ1) is 15.5. The van der Waals surface area contributed by atoms with Gasteiger partial charge in [0.1, 0.15) is 10.6 Å². The van der Waals surface area contributed by atoms with Crippen LogP contribution >= 0.6 is 34.8 Å². The number of carbonyl (C=O) groups is 1. The van der Waals surface area contributed by atoms with E-state index in [1.54, 1.807) is 0 Å². The van der Waals surface area contributed by atoms with Gasteiger partial charge in [0.05, 0.1) is 11.5 Å². The van der Waals surface area contributed by atoms with Gasteiger partial charge in [-0.25, -0.2) is 0 Å². The molecule has 19 heavy (non-hydrogen) atoms. The maximum Gasteiger partial charge on any atom is 0.311 e. The lowest BCUT2D eigenvalue weighted by molar-refractivity contribution is -0.155. The van der Waals surface area contributed by atoms with Crippen molar-refractivity contribution < 1.29 is 9.53 Å². The molecule has 0 radical (unpaired) electrons. The van der Waals surface area contributed by atoms with E-state index in [0.717, 1.165) is 12.8 Å². The summed E-state index contributed by atoms with van der Waals surface area (Å²) >= 11 is 16.8. The molecule has 2 bridgehead atoms. The smallest absolute Gasteiger partial charge is 0.311 e. The average molecular weight is 326 g/mol. The molecule has 2 fully saturated rings.